The summed E-state index contributed by atoms with van der Waals surface area (Å²) in [5, 5.41) is 3.26. The van der Waals surface area contributed by atoms with Gasteiger partial charge < -0.3 is 14.8 Å². The van der Waals surface area contributed by atoms with Crippen molar-refractivity contribution in [3.8, 4) is 6.01 Å². The summed E-state index contributed by atoms with van der Waals surface area (Å²) in [5.74, 6) is -0.397. The fraction of sp³-hybridized carbons (Fsp3) is 0.615. The molecule has 1 aliphatic heterocycles. The van der Waals surface area contributed by atoms with Crippen molar-refractivity contribution in [2.75, 3.05) is 19.7 Å². The second-order valence-corrected chi connectivity index (χ2v) is 4.46. The van der Waals surface area contributed by atoms with E-state index in [1.54, 1.807) is 13.8 Å². The van der Waals surface area contributed by atoms with Crippen LogP contribution in [0.5, 0.6) is 6.01 Å². The zero-order valence-electron chi connectivity index (χ0n) is 11.3. The predicted octanol–water partition coefficient (Wildman–Crippen LogP) is 1.09. The van der Waals surface area contributed by atoms with Crippen molar-refractivity contribution in [2.24, 2.45) is 0 Å². The number of rotatable bonds is 4. The van der Waals surface area contributed by atoms with Crippen LogP contribution in [0.4, 0.5) is 0 Å². The van der Waals surface area contributed by atoms with Crippen molar-refractivity contribution in [3.05, 3.63) is 17.5 Å². The maximum Gasteiger partial charge on any atom is 0.341 e. The van der Waals surface area contributed by atoms with Gasteiger partial charge in [0.25, 0.3) is 0 Å². The molecule has 1 aromatic heterocycles. The number of ether oxygens (including phenoxy) is 2. The molecular weight excluding hydrogens is 246 g/mol. The normalized spacial score (nSPS) is 18.9. The second-order valence-electron chi connectivity index (χ2n) is 4.46. The van der Waals surface area contributed by atoms with Crippen molar-refractivity contribution in [2.45, 2.75) is 32.8 Å². The Morgan fingerprint density at radius 3 is 3.05 bits per heavy atom. The number of nitrogens with zero attached hydrogens (tertiary/aromatic N) is 2. The Hall–Kier alpha value is -1.69. The highest BCUT2D eigenvalue weighted by atomic mass is 16.5. The average Bonchev–Trinajstić information content (AvgIpc) is 2.40. The van der Waals surface area contributed by atoms with Crippen LogP contribution in [0.15, 0.2) is 6.20 Å². The van der Waals surface area contributed by atoms with Gasteiger partial charge in [-0.2, -0.15) is 4.98 Å². The van der Waals surface area contributed by atoms with Gasteiger partial charge in [0, 0.05) is 12.7 Å². The Balaban J connectivity index is 2.03. The summed E-state index contributed by atoms with van der Waals surface area (Å²) in [4.78, 5) is 19.9. The van der Waals surface area contributed by atoms with E-state index in [1.165, 1.54) is 6.20 Å². The van der Waals surface area contributed by atoms with Gasteiger partial charge in [-0.1, -0.05) is 0 Å². The minimum atomic E-state index is -0.397. The maximum absolute atomic E-state index is 11.6. The van der Waals surface area contributed by atoms with Crippen molar-refractivity contribution in [1.29, 1.82) is 0 Å². The highest BCUT2D eigenvalue weighted by molar-refractivity contribution is 5.90. The molecule has 1 N–H and O–H groups in total. The SMILES string of the molecule is CCOC(=O)c1cnc(OC2CCCNC2)nc1C. The predicted molar refractivity (Wildman–Crippen MR) is 69.2 cm³/mol. The number of nitrogens with one attached hydrogen (secondary N) is 1. The van der Waals surface area contributed by atoms with Gasteiger partial charge in [-0.25, -0.2) is 9.78 Å². The van der Waals surface area contributed by atoms with Gasteiger partial charge in [0.15, 0.2) is 0 Å². The molecule has 1 saturated heterocycles. The van der Waals surface area contributed by atoms with E-state index < -0.39 is 5.97 Å². The first-order valence-electron chi connectivity index (χ1n) is 6.59. The highest BCUT2D eigenvalue weighted by Gasteiger charge is 2.18. The molecule has 1 atom stereocenters. The van der Waals surface area contributed by atoms with Crippen LogP contribution >= 0.6 is 0 Å². The smallest absolute Gasteiger partial charge is 0.341 e. The van der Waals surface area contributed by atoms with E-state index in [0.29, 0.717) is 23.9 Å². The Morgan fingerprint density at radius 2 is 2.42 bits per heavy atom. The maximum atomic E-state index is 11.6. The van der Waals surface area contributed by atoms with Crippen LogP contribution in [0.2, 0.25) is 0 Å². The third-order valence-electron chi connectivity index (χ3n) is 2.98. The summed E-state index contributed by atoms with van der Waals surface area (Å²) in [5.41, 5.74) is 0.961. The lowest BCUT2D eigenvalue weighted by Crippen LogP contribution is -2.37. The van der Waals surface area contributed by atoms with Gasteiger partial charge in [0.05, 0.1) is 17.9 Å². The first-order chi connectivity index (χ1) is 9.20. The van der Waals surface area contributed by atoms with Crippen LogP contribution in [0, 0.1) is 6.92 Å². The minimum Gasteiger partial charge on any atom is -0.462 e. The Morgan fingerprint density at radius 1 is 1.58 bits per heavy atom. The molecule has 0 bridgehead atoms. The molecule has 1 aromatic rings. The summed E-state index contributed by atoms with van der Waals surface area (Å²) in [6.45, 7) is 5.69. The molecule has 0 aromatic carbocycles. The lowest BCUT2D eigenvalue weighted by atomic mass is 10.1. The molecule has 0 spiro atoms. The fourth-order valence-electron chi connectivity index (χ4n) is 1.98. The standard InChI is InChI=1S/C13H19N3O3/c1-3-18-12(17)11-8-15-13(16-9(11)2)19-10-5-4-6-14-7-10/h8,10,14H,3-7H2,1-2H3. The largest absolute Gasteiger partial charge is 0.462 e. The Kier molecular flexibility index (Phi) is 4.68. The molecule has 1 aliphatic rings. The van der Waals surface area contributed by atoms with E-state index in [4.69, 9.17) is 9.47 Å². The molecule has 19 heavy (non-hydrogen) atoms. The van der Waals surface area contributed by atoms with Crippen LogP contribution in [0.1, 0.15) is 35.8 Å². The monoisotopic (exact) mass is 265 g/mol. The highest BCUT2D eigenvalue weighted by Crippen LogP contribution is 2.14. The summed E-state index contributed by atoms with van der Waals surface area (Å²) in [6.07, 6.45) is 3.65. The molecule has 104 valence electrons. The first kappa shape index (κ1) is 13.7. The number of hydrogen-bond acceptors (Lipinski definition) is 6. The van der Waals surface area contributed by atoms with Crippen LogP contribution in [-0.4, -0.2) is 41.7 Å². The van der Waals surface area contributed by atoms with Crippen molar-refractivity contribution in [3.63, 3.8) is 0 Å². The molecule has 0 aliphatic carbocycles. The van der Waals surface area contributed by atoms with E-state index in [2.05, 4.69) is 15.3 Å². The molecule has 2 rings (SSSR count). The molecule has 0 saturated carbocycles. The molecular formula is C13H19N3O3. The molecule has 6 nitrogen and oxygen atoms in total. The fourth-order valence-corrected chi connectivity index (χ4v) is 1.98. The molecule has 0 amide bonds. The lowest BCUT2D eigenvalue weighted by Gasteiger charge is -2.22. The molecule has 1 unspecified atom stereocenters. The van der Waals surface area contributed by atoms with Gasteiger partial charge in [-0.05, 0) is 33.2 Å². The van der Waals surface area contributed by atoms with E-state index in [0.717, 1.165) is 25.9 Å². The quantitative estimate of drug-likeness (QED) is 0.822. The summed E-state index contributed by atoms with van der Waals surface area (Å²) in [6, 6.07) is 0.319. The van der Waals surface area contributed by atoms with E-state index in [1.807, 2.05) is 0 Å². The minimum absolute atomic E-state index is 0.0987. The van der Waals surface area contributed by atoms with Crippen LogP contribution in [0.3, 0.4) is 0 Å². The van der Waals surface area contributed by atoms with Crippen LogP contribution < -0.4 is 10.1 Å². The second kappa shape index (κ2) is 6.47. The molecule has 1 fully saturated rings. The van der Waals surface area contributed by atoms with E-state index in [-0.39, 0.29) is 6.10 Å². The van der Waals surface area contributed by atoms with E-state index in [9.17, 15) is 4.79 Å². The third kappa shape index (κ3) is 3.64. The number of hydrogen-bond donors (Lipinski definition) is 1. The average molecular weight is 265 g/mol. The van der Waals surface area contributed by atoms with E-state index >= 15 is 0 Å². The summed E-state index contributed by atoms with van der Waals surface area (Å²) < 4.78 is 10.6. The Bertz CT molecular complexity index is 445. The van der Waals surface area contributed by atoms with Crippen LogP contribution in [0.25, 0.3) is 0 Å². The number of esters is 1. The molecule has 2 heterocycles. The lowest BCUT2D eigenvalue weighted by molar-refractivity contribution is 0.0524. The zero-order valence-corrected chi connectivity index (χ0v) is 11.3. The van der Waals surface area contributed by atoms with Crippen molar-refractivity contribution >= 4 is 5.97 Å². The number of aryl methyl sites for hydroxylation is 1. The van der Waals surface area contributed by atoms with Crippen LogP contribution in [-0.2, 0) is 4.74 Å². The number of piperidine rings is 1. The molecule has 0 radical (unpaired) electrons. The first-order valence-corrected chi connectivity index (χ1v) is 6.59. The van der Waals surface area contributed by atoms with Gasteiger partial charge in [0.2, 0.25) is 0 Å². The number of aromatic nitrogens is 2. The van der Waals surface area contributed by atoms with Gasteiger partial charge >= 0.3 is 12.0 Å². The van der Waals surface area contributed by atoms with Gasteiger partial charge in [-0.15, -0.1) is 0 Å². The number of carbonyl (C=O) groups excluding carboxylic acids is 1. The van der Waals surface area contributed by atoms with Crippen molar-refractivity contribution in [1.82, 2.24) is 15.3 Å². The zero-order chi connectivity index (χ0) is 13.7. The number of carbonyl (C=O) groups is 1. The Labute approximate surface area is 112 Å². The molecule has 6 heteroatoms. The van der Waals surface area contributed by atoms with Crippen molar-refractivity contribution < 1.29 is 14.3 Å². The topological polar surface area (TPSA) is 73.3 Å². The summed E-state index contributed by atoms with van der Waals surface area (Å²) in [7, 11) is 0. The third-order valence-corrected chi connectivity index (χ3v) is 2.98. The van der Waals surface area contributed by atoms with Gasteiger partial charge in [-0.3, -0.25) is 0 Å². The van der Waals surface area contributed by atoms with Gasteiger partial charge in [0.1, 0.15) is 6.10 Å². The summed E-state index contributed by atoms with van der Waals surface area (Å²) >= 11 is 0.